The first-order valence-corrected chi connectivity index (χ1v) is 22.6. The molecule has 2 aliphatic heterocycles. The fraction of sp³-hybridized carbons (Fsp3) is 0.400. The molecule has 0 radical (unpaired) electrons. The molecule has 66 heavy (non-hydrogen) atoms. The fourth-order valence-electron chi connectivity index (χ4n) is 9.32. The summed E-state index contributed by atoms with van der Waals surface area (Å²) in [5.41, 5.74) is 12.8. The lowest BCUT2D eigenvalue weighted by Gasteiger charge is -2.28. The number of imidazole rings is 2. The summed E-state index contributed by atoms with van der Waals surface area (Å²) in [7, 11) is 2.55. The first kappa shape index (κ1) is 44.4. The summed E-state index contributed by atoms with van der Waals surface area (Å²) in [6.45, 7) is 8.26. The second kappa shape index (κ2) is 18.6. The molecule has 4 heterocycles. The topological polar surface area (TPSA) is 193 Å². The van der Waals surface area contributed by atoms with Crippen molar-refractivity contribution in [1.29, 1.82) is 0 Å². The van der Waals surface area contributed by atoms with Crippen LogP contribution in [0.2, 0.25) is 0 Å². The van der Waals surface area contributed by atoms with Crippen LogP contribution in [0.3, 0.4) is 0 Å². The molecule has 2 unspecified atom stereocenters. The van der Waals surface area contributed by atoms with E-state index in [-0.39, 0.29) is 50.3 Å². The number of aromatic nitrogens is 4. The van der Waals surface area contributed by atoms with Gasteiger partial charge in [0, 0.05) is 0 Å². The molecule has 4 bridgehead atoms. The Morgan fingerprint density at radius 3 is 1.42 bits per heavy atom. The van der Waals surface area contributed by atoms with E-state index in [1.54, 1.807) is 9.80 Å². The summed E-state index contributed by atoms with van der Waals surface area (Å²) >= 11 is 0. The lowest BCUT2D eigenvalue weighted by Crippen LogP contribution is -2.51. The lowest BCUT2D eigenvalue weighted by molar-refractivity contribution is -0.137. The molecule has 4 atom stereocenters. The molecule has 2 saturated heterocycles. The van der Waals surface area contributed by atoms with Gasteiger partial charge in [0.1, 0.15) is 49.3 Å². The Kier molecular flexibility index (Phi) is 12.5. The second-order valence-corrected chi connectivity index (χ2v) is 18.1. The van der Waals surface area contributed by atoms with Gasteiger partial charge in [0.05, 0.1) is 49.5 Å². The normalized spacial score (nSPS) is 18.2. The number of benzene rings is 4. The van der Waals surface area contributed by atoms with E-state index in [9.17, 15) is 19.2 Å². The minimum absolute atomic E-state index is 0.0952. The molecule has 16 heteroatoms. The summed E-state index contributed by atoms with van der Waals surface area (Å²) in [4.78, 5) is 71.7. The van der Waals surface area contributed by atoms with Crippen molar-refractivity contribution in [1.82, 2.24) is 40.4 Å². The number of H-pyrrole nitrogens is 2. The third kappa shape index (κ3) is 8.82. The third-order valence-corrected chi connectivity index (χ3v) is 13.1. The maximum Gasteiger partial charge on any atom is 0.407 e. The Morgan fingerprint density at radius 2 is 1.03 bits per heavy atom. The number of carbonyl (C=O) groups is 4. The molecule has 4 aliphatic carbocycles. The van der Waals surface area contributed by atoms with Crippen LogP contribution in [-0.2, 0) is 54.2 Å². The van der Waals surface area contributed by atoms with Gasteiger partial charge in [-0.3, -0.25) is 9.59 Å². The molecule has 344 valence electrons. The number of nitrogens with one attached hydrogen (secondary N) is 4. The average Bonchev–Trinajstić information content (AvgIpc) is 4.15. The number of hydrogen-bond donors (Lipinski definition) is 4. The minimum atomic E-state index is -0.775. The summed E-state index contributed by atoms with van der Waals surface area (Å²) in [6, 6.07) is 23.8. The van der Waals surface area contributed by atoms with Crippen LogP contribution in [0.25, 0.3) is 44.3 Å². The molecule has 2 fully saturated rings. The molecule has 2 aromatic heterocycles. The van der Waals surface area contributed by atoms with Gasteiger partial charge in [0.2, 0.25) is 11.8 Å². The van der Waals surface area contributed by atoms with Gasteiger partial charge in [-0.05, 0) is 106 Å². The lowest BCUT2D eigenvalue weighted by atomic mass is 9.87. The van der Waals surface area contributed by atoms with Crippen LogP contribution in [0, 0.1) is 11.8 Å². The van der Waals surface area contributed by atoms with Gasteiger partial charge in [-0.15, -0.1) is 0 Å². The SMILES string of the molecule is COC(=O)NC(C(=O)N1COC[C@H]1c1nc2cc(-c3cc4ccc3CCc3ccc(c(-c5ccc6[nH]c([C@@H]7COCN7C(=O)C(NC(=O)OC)C(C)C)nc6c5)c3)CC4)ccc2[nH]1)C(C)C. The Balaban J connectivity index is 0.941. The minimum Gasteiger partial charge on any atom is -0.453 e. The van der Waals surface area contributed by atoms with Crippen molar-refractivity contribution in [3.8, 4) is 22.3 Å². The summed E-state index contributed by atoms with van der Waals surface area (Å²) in [6.07, 6.45) is 2.02. The van der Waals surface area contributed by atoms with Crippen LogP contribution in [0.1, 0.15) is 73.7 Å². The molecular formula is C50H56N8O8. The van der Waals surface area contributed by atoms with E-state index in [0.29, 0.717) is 11.6 Å². The van der Waals surface area contributed by atoms with E-state index in [2.05, 4.69) is 81.3 Å². The summed E-state index contributed by atoms with van der Waals surface area (Å²) in [5, 5.41) is 5.36. The summed E-state index contributed by atoms with van der Waals surface area (Å²) in [5.74, 6) is 0.412. The first-order valence-electron chi connectivity index (χ1n) is 22.6. The van der Waals surface area contributed by atoms with E-state index < -0.39 is 36.4 Å². The maximum absolute atomic E-state index is 13.7. The highest BCUT2D eigenvalue weighted by atomic mass is 16.5. The van der Waals surface area contributed by atoms with E-state index in [4.69, 9.17) is 28.9 Å². The van der Waals surface area contributed by atoms with Crippen molar-refractivity contribution in [2.45, 2.75) is 77.5 Å². The van der Waals surface area contributed by atoms with Crippen molar-refractivity contribution in [3.63, 3.8) is 0 Å². The largest absolute Gasteiger partial charge is 0.453 e. The highest BCUT2D eigenvalue weighted by Gasteiger charge is 2.40. The predicted octanol–water partition coefficient (Wildman–Crippen LogP) is 7.13. The zero-order valence-corrected chi connectivity index (χ0v) is 38.1. The zero-order valence-electron chi connectivity index (χ0n) is 38.1. The number of nitrogens with zero attached hydrogens (tertiary/aromatic N) is 4. The van der Waals surface area contributed by atoms with E-state index in [1.807, 2.05) is 39.8 Å². The molecular weight excluding hydrogens is 841 g/mol. The van der Waals surface area contributed by atoms with Gasteiger partial charge >= 0.3 is 12.2 Å². The van der Waals surface area contributed by atoms with Gasteiger partial charge in [-0.1, -0.05) is 76.2 Å². The number of aryl methyl sites for hydroxylation is 4. The van der Waals surface area contributed by atoms with Crippen molar-refractivity contribution < 1.29 is 38.1 Å². The van der Waals surface area contributed by atoms with Crippen LogP contribution in [0.5, 0.6) is 0 Å². The van der Waals surface area contributed by atoms with Gasteiger partial charge < -0.3 is 49.3 Å². The molecule has 6 aliphatic rings. The first-order chi connectivity index (χ1) is 31.9. The highest BCUT2D eigenvalue weighted by Crippen LogP contribution is 2.36. The van der Waals surface area contributed by atoms with Gasteiger partial charge in [0.15, 0.2) is 0 Å². The number of fused-ring (bicyclic) bond motifs is 2. The van der Waals surface area contributed by atoms with Crippen LogP contribution in [-0.4, -0.2) is 107 Å². The van der Waals surface area contributed by atoms with Gasteiger partial charge in [0.25, 0.3) is 0 Å². The predicted molar refractivity (Wildman–Crippen MR) is 247 cm³/mol. The molecule has 12 rings (SSSR count). The van der Waals surface area contributed by atoms with Crippen molar-refractivity contribution in [2.75, 3.05) is 40.9 Å². The molecule has 0 saturated carbocycles. The number of amides is 4. The van der Waals surface area contributed by atoms with Crippen molar-refractivity contribution in [3.05, 3.63) is 107 Å². The fourth-order valence-corrected chi connectivity index (χ4v) is 9.32. The van der Waals surface area contributed by atoms with Crippen LogP contribution in [0.4, 0.5) is 9.59 Å². The van der Waals surface area contributed by atoms with Crippen LogP contribution < -0.4 is 10.6 Å². The molecule has 4 aromatic carbocycles. The third-order valence-electron chi connectivity index (χ3n) is 13.1. The number of ether oxygens (including phenoxy) is 4. The number of alkyl carbamates (subject to hydrolysis) is 2. The van der Waals surface area contributed by atoms with E-state index >= 15 is 0 Å². The summed E-state index contributed by atoms with van der Waals surface area (Å²) < 4.78 is 21.1. The molecule has 6 aromatic rings. The van der Waals surface area contributed by atoms with E-state index in [1.165, 1.54) is 47.6 Å². The average molecular weight is 897 g/mol. The zero-order chi connectivity index (χ0) is 46.2. The number of hydrogen-bond acceptors (Lipinski definition) is 10. The van der Waals surface area contributed by atoms with Gasteiger partial charge in [-0.2, -0.15) is 0 Å². The van der Waals surface area contributed by atoms with Gasteiger partial charge in [-0.25, -0.2) is 19.6 Å². The Morgan fingerprint density at radius 1 is 0.606 bits per heavy atom. The monoisotopic (exact) mass is 896 g/mol. The number of carbonyl (C=O) groups excluding carboxylic acids is 4. The van der Waals surface area contributed by atoms with Crippen molar-refractivity contribution >= 4 is 46.1 Å². The highest BCUT2D eigenvalue weighted by molar-refractivity contribution is 5.88. The Bertz CT molecular complexity index is 2630. The number of methoxy groups -OCH3 is 2. The molecule has 4 N–H and O–H groups in total. The molecule has 0 spiro atoms. The molecule has 4 amide bonds. The Hall–Kier alpha value is -6.78. The quantitative estimate of drug-likeness (QED) is 0.110. The van der Waals surface area contributed by atoms with Crippen LogP contribution >= 0.6 is 0 Å². The molecule has 16 nitrogen and oxygen atoms in total. The smallest absolute Gasteiger partial charge is 0.407 e. The van der Waals surface area contributed by atoms with Crippen molar-refractivity contribution in [2.24, 2.45) is 11.8 Å². The second-order valence-electron chi connectivity index (χ2n) is 18.1. The number of rotatable bonds is 10. The van der Waals surface area contributed by atoms with E-state index in [0.717, 1.165) is 58.9 Å². The standard InChI is InChI=1S/C50H56N8O8/c1-27(2)43(55-49(61)63-5)47(59)57-25-65-23-41(57)45-51-37-17-15-33(21-39(37)53-45)35-19-29-7-11-31(35)13-9-30-8-12-32(14-10-29)36(20-30)34-16-18-38-40(22-34)54-46(52-38)42-24-66-26-58(42)48(60)44(28(3)4)56-50(62)64-6/h7-8,11-12,15-22,27-28,41-44H,9-10,13-14,23-26H2,1-6H3,(H,51,53)(H,52,54)(H,55,61)(H,56,62)/t41-,42-,43?,44?/m0/s1. The van der Waals surface area contributed by atoms with Crippen LogP contribution in [0.15, 0.2) is 72.8 Å². The maximum atomic E-state index is 13.7. The Labute approximate surface area is 382 Å². The number of aromatic amines is 2.